The number of aliphatic hydroxyl groups is 1. The lowest BCUT2D eigenvalue weighted by Crippen LogP contribution is -2.45. The highest BCUT2D eigenvalue weighted by Crippen LogP contribution is 2.19. The number of likely N-dealkylation sites (tertiary alicyclic amines) is 1. The molecule has 104 valence electrons. The molecule has 1 N–H and O–H groups in total. The van der Waals surface area contributed by atoms with Crippen LogP contribution in [-0.2, 0) is 0 Å². The number of nitrogens with zero attached hydrogens (tertiary/aromatic N) is 1. The van der Waals surface area contributed by atoms with Gasteiger partial charge in [-0.05, 0) is 44.0 Å². The molecule has 3 heteroatoms. The first kappa shape index (κ1) is 14.2. The highest BCUT2D eigenvalue weighted by Gasteiger charge is 2.24. The van der Waals surface area contributed by atoms with E-state index in [4.69, 9.17) is 0 Å². The van der Waals surface area contributed by atoms with Crippen LogP contribution in [0.2, 0.25) is 0 Å². The summed E-state index contributed by atoms with van der Waals surface area (Å²) in [5.41, 5.74) is 1.01. The van der Waals surface area contributed by atoms with Gasteiger partial charge in [0.25, 0.3) is 0 Å². The number of aliphatic hydroxyl groups excluding tert-OH is 1. The molecule has 0 aromatic heterocycles. The summed E-state index contributed by atoms with van der Waals surface area (Å²) >= 11 is 0. The van der Waals surface area contributed by atoms with Gasteiger partial charge >= 0.3 is 0 Å². The molecule has 1 heterocycles. The maximum Gasteiger partial charge on any atom is 0.123 e. The van der Waals surface area contributed by atoms with Crippen LogP contribution in [0.25, 0.3) is 6.08 Å². The predicted molar refractivity (Wildman–Crippen MR) is 76.3 cm³/mol. The van der Waals surface area contributed by atoms with E-state index in [1.807, 2.05) is 13.0 Å². The second-order valence-corrected chi connectivity index (χ2v) is 5.25. The normalized spacial score (nSPS) is 22.8. The second-order valence-electron chi connectivity index (χ2n) is 5.25. The van der Waals surface area contributed by atoms with E-state index in [0.29, 0.717) is 0 Å². The van der Waals surface area contributed by atoms with Gasteiger partial charge in [0.1, 0.15) is 5.82 Å². The number of hydrogen-bond donors (Lipinski definition) is 1. The summed E-state index contributed by atoms with van der Waals surface area (Å²) in [6.07, 6.45) is 7.30. The van der Waals surface area contributed by atoms with Gasteiger partial charge in [-0.2, -0.15) is 0 Å². The summed E-state index contributed by atoms with van der Waals surface area (Å²) in [6.45, 7) is 3.75. The lowest BCUT2D eigenvalue weighted by Gasteiger charge is -2.36. The average molecular weight is 263 g/mol. The van der Waals surface area contributed by atoms with Crippen molar-refractivity contribution in [1.82, 2.24) is 4.90 Å². The van der Waals surface area contributed by atoms with E-state index >= 15 is 0 Å². The maximum absolute atomic E-state index is 12.8. The van der Waals surface area contributed by atoms with Crippen molar-refractivity contribution in [2.45, 2.75) is 38.3 Å². The number of piperidine rings is 1. The fourth-order valence-electron chi connectivity index (χ4n) is 2.69. The average Bonchev–Trinajstić information content (AvgIpc) is 2.41. The van der Waals surface area contributed by atoms with Crippen LogP contribution in [-0.4, -0.2) is 35.2 Å². The number of rotatable bonds is 4. The van der Waals surface area contributed by atoms with Gasteiger partial charge < -0.3 is 5.11 Å². The Hall–Kier alpha value is -1.19. The van der Waals surface area contributed by atoms with Crippen molar-refractivity contribution >= 4 is 6.08 Å². The molecule has 0 saturated carbocycles. The van der Waals surface area contributed by atoms with Crippen LogP contribution in [0.3, 0.4) is 0 Å². The molecule has 2 unspecified atom stereocenters. The van der Waals surface area contributed by atoms with E-state index in [-0.39, 0.29) is 18.0 Å². The van der Waals surface area contributed by atoms with Crippen LogP contribution in [0.5, 0.6) is 0 Å². The molecule has 0 aliphatic carbocycles. The van der Waals surface area contributed by atoms with Gasteiger partial charge in [-0.25, -0.2) is 4.39 Å². The minimum absolute atomic E-state index is 0.206. The van der Waals surface area contributed by atoms with Crippen molar-refractivity contribution in [3.05, 3.63) is 41.7 Å². The Balaban J connectivity index is 1.91. The molecule has 1 aromatic rings. The SMILES string of the molecule is CC(O)C1CCCCN1CC=Cc1ccc(F)cc1. The smallest absolute Gasteiger partial charge is 0.123 e. The Kier molecular flexibility index (Phi) is 5.11. The Morgan fingerprint density at radius 1 is 1.37 bits per heavy atom. The van der Waals surface area contributed by atoms with Crippen molar-refractivity contribution in [1.29, 1.82) is 0 Å². The van der Waals surface area contributed by atoms with Gasteiger partial charge in [0.2, 0.25) is 0 Å². The van der Waals surface area contributed by atoms with Crippen molar-refractivity contribution in [2.24, 2.45) is 0 Å². The summed E-state index contributed by atoms with van der Waals surface area (Å²) in [6, 6.07) is 6.76. The molecule has 1 aliphatic rings. The number of halogens is 1. The van der Waals surface area contributed by atoms with Crippen molar-refractivity contribution in [3.8, 4) is 0 Å². The van der Waals surface area contributed by atoms with Gasteiger partial charge in [0.05, 0.1) is 6.10 Å². The lowest BCUT2D eigenvalue weighted by molar-refractivity contribution is 0.0439. The molecule has 0 bridgehead atoms. The molecule has 1 saturated heterocycles. The molecule has 0 amide bonds. The van der Waals surface area contributed by atoms with Crippen LogP contribution in [0.15, 0.2) is 30.3 Å². The molecule has 1 aliphatic heterocycles. The van der Waals surface area contributed by atoms with Gasteiger partial charge in [-0.1, -0.05) is 30.7 Å². The predicted octanol–water partition coefficient (Wildman–Crippen LogP) is 3.07. The first-order valence-corrected chi connectivity index (χ1v) is 7.01. The fraction of sp³-hybridized carbons (Fsp3) is 0.500. The summed E-state index contributed by atoms with van der Waals surface area (Å²) in [5, 5.41) is 9.79. The standard InChI is InChI=1S/C16H22FNO/c1-13(19)16-6-2-3-11-18(16)12-4-5-14-7-9-15(17)10-8-14/h4-5,7-10,13,16,19H,2-3,6,11-12H2,1H3. The Bertz CT molecular complexity index is 413. The van der Waals surface area contributed by atoms with Crippen LogP contribution < -0.4 is 0 Å². The van der Waals surface area contributed by atoms with Crippen LogP contribution in [0, 0.1) is 5.82 Å². The molecule has 0 spiro atoms. The largest absolute Gasteiger partial charge is 0.392 e. The topological polar surface area (TPSA) is 23.5 Å². The van der Waals surface area contributed by atoms with E-state index < -0.39 is 0 Å². The minimum Gasteiger partial charge on any atom is -0.392 e. The zero-order chi connectivity index (χ0) is 13.7. The van der Waals surface area contributed by atoms with Gasteiger partial charge in [0, 0.05) is 12.6 Å². The minimum atomic E-state index is -0.278. The molecule has 2 atom stereocenters. The number of benzene rings is 1. The van der Waals surface area contributed by atoms with Crippen molar-refractivity contribution in [2.75, 3.05) is 13.1 Å². The Labute approximate surface area is 114 Å². The molecular formula is C16H22FNO. The van der Waals surface area contributed by atoms with Crippen LogP contribution >= 0.6 is 0 Å². The second kappa shape index (κ2) is 6.83. The Morgan fingerprint density at radius 2 is 2.11 bits per heavy atom. The third-order valence-electron chi connectivity index (χ3n) is 3.74. The summed E-state index contributed by atoms with van der Waals surface area (Å²) in [7, 11) is 0. The Morgan fingerprint density at radius 3 is 2.79 bits per heavy atom. The molecular weight excluding hydrogens is 241 g/mol. The van der Waals surface area contributed by atoms with Crippen molar-refractivity contribution in [3.63, 3.8) is 0 Å². The first-order chi connectivity index (χ1) is 9.16. The third-order valence-corrected chi connectivity index (χ3v) is 3.74. The van der Waals surface area contributed by atoms with E-state index in [9.17, 15) is 9.50 Å². The van der Waals surface area contributed by atoms with E-state index in [1.165, 1.54) is 25.0 Å². The highest BCUT2D eigenvalue weighted by atomic mass is 19.1. The van der Waals surface area contributed by atoms with Crippen molar-refractivity contribution < 1.29 is 9.50 Å². The zero-order valence-electron chi connectivity index (χ0n) is 11.4. The lowest BCUT2D eigenvalue weighted by atomic mass is 9.98. The van der Waals surface area contributed by atoms with Gasteiger partial charge in [-0.3, -0.25) is 4.90 Å². The summed E-state index contributed by atoms with van der Waals surface area (Å²) in [5.74, 6) is -0.206. The first-order valence-electron chi connectivity index (χ1n) is 7.01. The van der Waals surface area contributed by atoms with Gasteiger partial charge in [-0.15, -0.1) is 0 Å². The summed E-state index contributed by atoms with van der Waals surface area (Å²) in [4.78, 5) is 2.33. The summed E-state index contributed by atoms with van der Waals surface area (Å²) < 4.78 is 12.8. The molecule has 0 radical (unpaired) electrons. The quantitative estimate of drug-likeness (QED) is 0.902. The maximum atomic E-state index is 12.8. The monoisotopic (exact) mass is 263 g/mol. The molecule has 2 rings (SSSR count). The molecule has 1 fully saturated rings. The highest BCUT2D eigenvalue weighted by molar-refractivity contribution is 5.48. The van der Waals surface area contributed by atoms with Crippen LogP contribution in [0.4, 0.5) is 4.39 Å². The van der Waals surface area contributed by atoms with Gasteiger partial charge in [0.15, 0.2) is 0 Å². The molecule has 2 nitrogen and oxygen atoms in total. The third kappa shape index (κ3) is 4.15. The van der Waals surface area contributed by atoms with E-state index in [2.05, 4.69) is 11.0 Å². The molecule has 19 heavy (non-hydrogen) atoms. The fourth-order valence-corrected chi connectivity index (χ4v) is 2.69. The van der Waals surface area contributed by atoms with E-state index in [1.54, 1.807) is 12.1 Å². The molecule has 1 aromatic carbocycles. The van der Waals surface area contributed by atoms with E-state index in [0.717, 1.165) is 25.1 Å². The number of hydrogen-bond acceptors (Lipinski definition) is 2. The van der Waals surface area contributed by atoms with Crippen LogP contribution in [0.1, 0.15) is 31.7 Å². The zero-order valence-corrected chi connectivity index (χ0v) is 11.4.